The molecule has 126 valence electrons. The van der Waals surface area contributed by atoms with Gasteiger partial charge in [0.25, 0.3) is 5.91 Å². The number of amides is 1. The van der Waals surface area contributed by atoms with Crippen molar-refractivity contribution < 1.29 is 9.53 Å². The Morgan fingerprint density at radius 3 is 2.67 bits per heavy atom. The van der Waals surface area contributed by atoms with E-state index < -0.39 is 0 Å². The summed E-state index contributed by atoms with van der Waals surface area (Å²) in [6.45, 7) is 3.39. The minimum absolute atomic E-state index is 0.0707. The van der Waals surface area contributed by atoms with Crippen LogP contribution in [0.25, 0.3) is 0 Å². The number of anilines is 1. The van der Waals surface area contributed by atoms with Crippen LogP contribution in [-0.4, -0.2) is 41.0 Å². The molecule has 1 aliphatic rings. The number of nitrogens with zero attached hydrogens (tertiary/aromatic N) is 3. The van der Waals surface area contributed by atoms with Crippen molar-refractivity contribution in [2.45, 2.75) is 25.7 Å². The lowest BCUT2D eigenvalue weighted by atomic mass is 9.93. The number of rotatable bonds is 3. The second kappa shape index (κ2) is 6.86. The van der Waals surface area contributed by atoms with Gasteiger partial charge in [0.05, 0.1) is 7.11 Å². The van der Waals surface area contributed by atoms with Crippen molar-refractivity contribution in [2.24, 2.45) is 0 Å². The number of nitrogen functional groups attached to an aromatic ring is 1. The first kappa shape index (κ1) is 16.2. The van der Waals surface area contributed by atoms with Crippen molar-refractivity contribution in [1.82, 2.24) is 14.9 Å². The predicted molar refractivity (Wildman–Crippen MR) is 92.1 cm³/mol. The van der Waals surface area contributed by atoms with Crippen LogP contribution in [-0.2, 0) is 0 Å². The third kappa shape index (κ3) is 3.32. The van der Waals surface area contributed by atoms with Crippen LogP contribution in [0.1, 0.15) is 40.4 Å². The topological polar surface area (TPSA) is 81.3 Å². The number of carbonyl (C=O) groups is 1. The molecule has 24 heavy (non-hydrogen) atoms. The molecule has 6 nitrogen and oxygen atoms in total. The molecule has 0 bridgehead atoms. The minimum atomic E-state index is 0.0707. The smallest absolute Gasteiger partial charge is 0.253 e. The number of carbonyl (C=O) groups excluding carboxylic acids is 1. The van der Waals surface area contributed by atoms with Crippen LogP contribution >= 0.6 is 0 Å². The van der Waals surface area contributed by atoms with Gasteiger partial charge in [0.2, 0.25) is 5.95 Å². The summed E-state index contributed by atoms with van der Waals surface area (Å²) in [5.41, 5.74) is 8.30. The average molecular weight is 326 g/mol. The minimum Gasteiger partial charge on any atom is -0.496 e. The summed E-state index contributed by atoms with van der Waals surface area (Å²) in [6, 6.07) is 7.47. The van der Waals surface area contributed by atoms with E-state index in [0.29, 0.717) is 17.4 Å². The van der Waals surface area contributed by atoms with Crippen molar-refractivity contribution >= 4 is 11.9 Å². The number of ether oxygens (including phenoxy) is 1. The first-order valence-electron chi connectivity index (χ1n) is 8.11. The number of hydrogen-bond donors (Lipinski definition) is 1. The van der Waals surface area contributed by atoms with Crippen molar-refractivity contribution in [3.05, 3.63) is 47.3 Å². The molecule has 1 amide bonds. The number of aryl methyl sites for hydroxylation is 1. The Kier molecular flexibility index (Phi) is 4.64. The third-order valence-electron chi connectivity index (χ3n) is 4.54. The van der Waals surface area contributed by atoms with E-state index in [1.165, 1.54) is 0 Å². The Labute approximate surface area is 141 Å². The fraction of sp³-hybridized carbons (Fsp3) is 0.389. The molecule has 1 aromatic carbocycles. The van der Waals surface area contributed by atoms with Gasteiger partial charge in [-0.2, -0.15) is 0 Å². The number of piperidine rings is 1. The van der Waals surface area contributed by atoms with Crippen LogP contribution in [0.2, 0.25) is 0 Å². The molecule has 0 saturated carbocycles. The molecular formula is C18H22N4O2. The van der Waals surface area contributed by atoms with Crippen LogP contribution in [0.5, 0.6) is 5.75 Å². The molecule has 6 heteroatoms. The van der Waals surface area contributed by atoms with E-state index in [4.69, 9.17) is 10.5 Å². The number of methoxy groups -OCH3 is 1. The second-order valence-electron chi connectivity index (χ2n) is 6.09. The maximum atomic E-state index is 12.7. The quantitative estimate of drug-likeness (QED) is 0.936. The van der Waals surface area contributed by atoms with Crippen molar-refractivity contribution in [2.75, 3.05) is 25.9 Å². The molecule has 0 aliphatic carbocycles. The molecule has 2 N–H and O–H groups in total. The lowest BCUT2D eigenvalue weighted by Crippen LogP contribution is -2.38. The maximum absolute atomic E-state index is 12.7. The maximum Gasteiger partial charge on any atom is 0.253 e. The number of benzene rings is 1. The lowest BCUT2D eigenvalue weighted by Gasteiger charge is -2.32. The summed E-state index contributed by atoms with van der Waals surface area (Å²) in [4.78, 5) is 22.8. The Morgan fingerprint density at radius 1 is 1.29 bits per heavy atom. The summed E-state index contributed by atoms with van der Waals surface area (Å²) in [6.07, 6.45) is 3.46. The van der Waals surface area contributed by atoms with Crippen LogP contribution in [0.3, 0.4) is 0 Å². The lowest BCUT2D eigenvalue weighted by molar-refractivity contribution is 0.0712. The molecular weight excluding hydrogens is 304 g/mol. The van der Waals surface area contributed by atoms with E-state index >= 15 is 0 Å². The zero-order valence-corrected chi connectivity index (χ0v) is 14.0. The normalized spacial score (nSPS) is 15.3. The van der Waals surface area contributed by atoms with Gasteiger partial charge in [0.1, 0.15) is 5.75 Å². The van der Waals surface area contributed by atoms with E-state index in [1.54, 1.807) is 13.3 Å². The SMILES string of the molecule is COc1ccc(C(=O)N2CCC(c3ccnc(N)n3)CC2)cc1C. The van der Waals surface area contributed by atoms with Gasteiger partial charge in [-0.05, 0) is 49.6 Å². The largest absolute Gasteiger partial charge is 0.496 e. The Bertz CT molecular complexity index is 740. The van der Waals surface area contributed by atoms with Crippen molar-refractivity contribution in [3.8, 4) is 5.75 Å². The third-order valence-corrected chi connectivity index (χ3v) is 4.54. The molecule has 1 saturated heterocycles. The molecule has 1 aliphatic heterocycles. The number of likely N-dealkylation sites (tertiary alicyclic amines) is 1. The number of hydrogen-bond acceptors (Lipinski definition) is 5. The summed E-state index contributed by atoms with van der Waals surface area (Å²) in [5, 5.41) is 0. The average Bonchev–Trinajstić information content (AvgIpc) is 2.61. The molecule has 1 fully saturated rings. The summed E-state index contributed by atoms with van der Waals surface area (Å²) >= 11 is 0. The van der Waals surface area contributed by atoms with E-state index in [1.807, 2.05) is 36.1 Å². The van der Waals surface area contributed by atoms with Crippen LogP contribution in [0.15, 0.2) is 30.5 Å². The van der Waals surface area contributed by atoms with Gasteiger partial charge in [-0.15, -0.1) is 0 Å². The van der Waals surface area contributed by atoms with E-state index in [9.17, 15) is 4.79 Å². The second-order valence-corrected chi connectivity index (χ2v) is 6.09. The van der Waals surface area contributed by atoms with Gasteiger partial charge < -0.3 is 15.4 Å². The predicted octanol–water partition coefficient (Wildman–Crippen LogP) is 2.40. The van der Waals surface area contributed by atoms with Gasteiger partial charge in [0, 0.05) is 36.5 Å². The molecule has 3 rings (SSSR count). The highest BCUT2D eigenvalue weighted by Crippen LogP contribution is 2.28. The molecule has 1 aromatic heterocycles. The molecule has 2 heterocycles. The van der Waals surface area contributed by atoms with E-state index in [0.717, 1.165) is 42.9 Å². The van der Waals surface area contributed by atoms with Gasteiger partial charge in [-0.1, -0.05) is 0 Å². The highest BCUT2D eigenvalue weighted by molar-refractivity contribution is 5.94. The van der Waals surface area contributed by atoms with E-state index in [2.05, 4.69) is 9.97 Å². The standard InChI is InChI=1S/C18H22N4O2/c1-12-11-14(3-4-16(12)24-2)17(23)22-9-6-13(7-10-22)15-5-8-20-18(19)21-15/h3-5,8,11,13H,6-7,9-10H2,1-2H3,(H2,19,20,21). The zero-order valence-electron chi connectivity index (χ0n) is 14.0. The Morgan fingerprint density at radius 2 is 2.04 bits per heavy atom. The Hall–Kier alpha value is -2.63. The first-order valence-corrected chi connectivity index (χ1v) is 8.11. The summed E-state index contributed by atoms with van der Waals surface area (Å²) in [7, 11) is 1.63. The fourth-order valence-electron chi connectivity index (χ4n) is 3.19. The highest BCUT2D eigenvalue weighted by Gasteiger charge is 2.25. The van der Waals surface area contributed by atoms with Crippen molar-refractivity contribution in [3.63, 3.8) is 0 Å². The number of nitrogens with two attached hydrogens (primary N) is 1. The van der Waals surface area contributed by atoms with Gasteiger partial charge in [-0.25, -0.2) is 9.97 Å². The molecule has 2 aromatic rings. The summed E-state index contributed by atoms with van der Waals surface area (Å²) < 4.78 is 5.25. The van der Waals surface area contributed by atoms with Crippen molar-refractivity contribution in [1.29, 1.82) is 0 Å². The van der Waals surface area contributed by atoms with Crippen LogP contribution in [0.4, 0.5) is 5.95 Å². The summed E-state index contributed by atoms with van der Waals surface area (Å²) in [5.74, 6) is 1.50. The monoisotopic (exact) mass is 326 g/mol. The van der Waals surface area contributed by atoms with Gasteiger partial charge in [0.15, 0.2) is 0 Å². The molecule has 0 atom stereocenters. The first-order chi connectivity index (χ1) is 11.6. The fourth-order valence-corrected chi connectivity index (χ4v) is 3.19. The van der Waals surface area contributed by atoms with Crippen LogP contribution in [0, 0.1) is 6.92 Å². The highest BCUT2D eigenvalue weighted by atomic mass is 16.5. The molecule has 0 unspecified atom stereocenters. The van der Waals surface area contributed by atoms with E-state index in [-0.39, 0.29) is 5.91 Å². The zero-order chi connectivity index (χ0) is 17.1. The molecule has 0 spiro atoms. The van der Waals surface area contributed by atoms with Crippen LogP contribution < -0.4 is 10.5 Å². The molecule has 0 radical (unpaired) electrons. The Balaban J connectivity index is 1.66. The number of aromatic nitrogens is 2. The van der Waals surface area contributed by atoms with Gasteiger partial charge >= 0.3 is 0 Å². The van der Waals surface area contributed by atoms with Gasteiger partial charge in [-0.3, -0.25) is 4.79 Å².